The molecule has 0 unspecified atom stereocenters. The second-order valence-corrected chi connectivity index (χ2v) is 15.7. The van der Waals surface area contributed by atoms with E-state index in [0.717, 1.165) is 6.04 Å². The van der Waals surface area contributed by atoms with Crippen molar-refractivity contribution in [2.24, 2.45) is 0 Å². The molecule has 0 atom stereocenters. The Bertz CT molecular complexity index is 149. The molecule has 0 aromatic rings. The molecule has 0 aliphatic rings. The molecule has 3 nitrogen and oxygen atoms in total. The van der Waals surface area contributed by atoms with Crippen molar-refractivity contribution in [2.45, 2.75) is 52.2 Å². The van der Waals surface area contributed by atoms with Crippen molar-refractivity contribution < 1.29 is 12.3 Å². The average molecular weight is 283 g/mol. The molecular weight excluding hydrogens is 256 g/mol. The summed E-state index contributed by atoms with van der Waals surface area (Å²) in [6.45, 7) is 15.3. The van der Waals surface area contributed by atoms with E-state index in [-0.39, 0.29) is 0 Å². The third-order valence-corrected chi connectivity index (χ3v) is 12.5. The van der Waals surface area contributed by atoms with Crippen LogP contribution < -0.4 is 0 Å². The first-order chi connectivity index (χ1) is 6.81. The molecule has 0 aliphatic carbocycles. The van der Waals surface area contributed by atoms with Gasteiger partial charge in [0.15, 0.2) is 27.1 Å². The van der Waals surface area contributed by atoms with Gasteiger partial charge in [0.25, 0.3) is 0 Å². The van der Waals surface area contributed by atoms with Crippen LogP contribution in [0.5, 0.6) is 0 Å². The highest BCUT2D eigenvalue weighted by atomic mass is 28.5. The predicted molar refractivity (Wildman–Crippen MR) is 76.1 cm³/mol. The lowest BCUT2D eigenvalue weighted by Gasteiger charge is -2.34. The quantitative estimate of drug-likeness (QED) is 0.668. The molecule has 0 aliphatic heterocycles. The summed E-state index contributed by atoms with van der Waals surface area (Å²) >= 11 is 0. The number of rotatable bonds is 7. The summed E-state index contributed by atoms with van der Waals surface area (Å²) in [5.41, 5.74) is 0. The van der Waals surface area contributed by atoms with Crippen molar-refractivity contribution in [3.8, 4) is 0 Å². The van der Waals surface area contributed by atoms with Crippen LogP contribution in [0.25, 0.3) is 0 Å². The summed E-state index contributed by atoms with van der Waals surface area (Å²) in [5.74, 6) is 0. The summed E-state index contributed by atoms with van der Waals surface area (Å²) in [7, 11) is -5.50. The minimum atomic E-state index is -2.27. The number of hydrogen-bond donors (Lipinski definition) is 0. The first kappa shape index (κ1) is 15.7. The van der Waals surface area contributed by atoms with Gasteiger partial charge in [0, 0.05) is 6.04 Å². The molecule has 0 aromatic carbocycles. The van der Waals surface area contributed by atoms with Crippen LogP contribution in [0.4, 0.5) is 0 Å². The largest absolute Gasteiger partial charge is 0.468 e. The van der Waals surface area contributed by atoms with E-state index >= 15 is 0 Å². The molecule has 0 N–H and O–H groups in total. The molecule has 0 fully saturated rings. The molecule has 0 bridgehead atoms. The minimum Gasteiger partial charge on any atom is -0.420 e. The molecule has 0 heterocycles. The summed E-state index contributed by atoms with van der Waals surface area (Å²) in [4.78, 5) is 0. The number of hydrogen-bond acceptors (Lipinski definition) is 3. The van der Waals surface area contributed by atoms with Crippen LogP contribution in [0.1, 0.15) is 6.92 Å². The van der Waals surface area contributed by atoms with Gasteiger partial charge >= 0.3 is 8.80 Å². The van der Waals surface area contributed by atoms with E-state index in [1.807, 2.05) is 0 Å². The highest BCUT2D eigenvalue weighted by Gasteiger charge is 2.40. The third-order valence-electron chi connectivity index (χ3n) is 1.68. The van der Waals surface area contributed by atoms with Gasteiger partial charge in [-0.1, -0.05) is 6.92 Å². The molecule has 0 amide bonds. The van der Waals surface area contributed by atoms with Gasteiger partial charge in [-0.15, -0.1) is 0 Å². The Kier molecular flexibility index (Phi) is 7.50. The van der Waals surface area contributed by atoms with Gasteiger partial charge in [-0.3, -0.25) is 0 Å². The molecule has 0 aromatic heterocycles. The van der Waals surface area contributed by atoms with Gasteiger partial charge in [-0.2, -0.15) is 0 Å². The standard InChI is InChI=1S/C8H26O3Si4/c1-8-15(9-12(2)3,10-13(4)5)11-14(6)7/h12-14H,8H2,1-7H3. The van der Waals surface area contributed by atoms with Gasteiger partial charge in [-0.25, -0.2) is 0 Å². The second kappa shape index (κ2) is 7.15. The Labute approximate surface area is 101 Å². The van der Waals surface area contributed by atoms with Crippen LogP contribution >= 0.6 is 0 Å². The van der Waals surface area contributed by atoms with Gasteiger partial charge in [0.2, 0.25) is 0 Å². The lowest BCUT2D eigenvalue weighted by molar-refractivity contribution is 0.270. The molecule has 0 saturated heterocycles. The van der Waals surface area contributed by atoms with E-state index < -0.39 is 35.9 Å². The SMILES string of the molecule is CC[Si](O[SiH](C)C)(O[SiH](C)C)O[SiH](C)C. The topological polar surface area (TPSA) is 27.7 Å². The molecule has 7 heteroatoms. The zero-order valence-electron chi connectivity index (χ0n) is 11.2. The summed E-state index contributed by atoms with van der Waals surface area (Å²) in [6.07, 6.45) is 0. The Morgan fingerprint density at radius 1 is 0.733 bits per heavy atom. The van der Waals surface area contributed by atoms with E-state index in [1.54, 1.807) is 0 Å². The zero-order chi connectivity index (χ0) is 12.1. The van der Waals surface area contributed by atoms with E-state index in [4.69, 9.17) is 12.3 Å². The van der Waals surface area contributed by atoms with Crippen molar-refractivity contribution in [2.75, 3.05) is 0 Å². The summed E-state index contributed by atoms with van der Waals surface area (Å²) < 4.78 is 18.3. The normalized spacial score (nSPS) is 13.2. The van der Waals surface area contributed by atoms with Crippen LogP contribution in [0, 0.1) is 0 Å². The fraction of sp³-hybridized carbons (Fsp3) is 1.00. The van der Waals surface area contributed by atoms with Gasteiger partial charge < -0.3 is 12.3 Å². The Morgan fingerprint density at radius 3 is 1.13 bits per heavy atom. The maximum atomic E-state index is 6.11. The first-order valence-corrected chi connectivity index (χ1v) is 16.1. The van der Waals surface area contributed by atoms with Crippen molar-refractivity contribution in [3.63, 3.8) is 0 Å². The van der Waals surface area contributed by atoms with E-state index in [1.165, 1.54) is 0 Å². The zero-order valence-corrected chi connectivity index (χ0v) is 15.6. The van der Waals surface area contributed by atoms with Gasteiger partial charge in [0.05, 0.1) is 0 Å². The van der Waals surface area contributed by atoms with E-state index in [2.05, 4.69) is 46.2 Å². The van der Waals surface area contributed by atoms with Crippen LogP contribution in [-0.2, 0) is 12.3 Å². The van der Waals surface area contributed by atoms with Crippen molar-refractivity contribution in [1.29, 1.82) is 0 Å². The van der Waals surface area contributed by atoms with Crippen LogP contribution in [0.3, 0.4) is 0 Å². The van der Waals surface area contributed by atoms with Crippen LogP contribution in [0.15, 0.2) is 0 Å². The fourth-order valence-electron chi connectivity index (χ4n) is 1.41. The highest BCUT2D eigenvalue weighted by molar-refractivity contribution is 6.79. The lowest BCUT2D eigenvalue weighted by atomic mass is 11.0. The average Bonchev–Trinajstić information content (AvgIpc) is 1.99. The van der Waals surface area contributed by atoms with Crippen molar-refractivity contribution >= 4 is 35.9 Å². The van der Waals surface area contributed by atoms with E-state index in [9.17, 15) is 0 Å². The maximum Gasteiger partial charge on any atom is 0.468 e. The second-order valence-electron chi connectivity index (χ2n) is 4.54. The predicted octanol–water partition coefficient (Wildman–Crippen LogP) is 1.95. The molecule has 15 heavy (non-hydrogen) atoms. The monoisotopic (exact) mass is 282 g/mol. The molecule has 0 radical (unpaired) electrons. The van der Waals surface area contributed by atoms with Crippen LogP contribution in [0.2, 0.25) is 45.3 Å². The van der Waals surface area contributed by atoms with Gasteiger partial charge in [-0.05, 0) is 39.3 Å². The van der Waals surface area contributed by atoms with Crippen molar-refractivity contribution in [3.05, 3.63) is 0 Å². The molecular formula is C8H26O3Si4. The summed E-state index contributed by atoms with van der Waals surface area (Å²) in [5, 5.41) is 0. The maximum absolute atomic E-state index is 6.11. The van der Waals surface area contributed by atoms with Crippen LogP contribution in [-0.4, -0.2) is 35.9 Å². The molecule has 0 spiro atoms. The molecule has 0 rings (SSSR count). The van der Waals surface area contributed by atoms with E-state index in [0.29, 0.717) is 0 Å². The Balaban J connectivity index is 4.59. The smallest absolute Gasteiger partial charge is 0.420 e. The first-order valence-electron chi connectivity index (χ1n) is 5.84. The minimum absolute atomic E-state index is 0.925. The Morgan fingerprint density at radius 2 is 1.00 bits per heavy atom. The lowest BCUT2D eigenvalue weighted by Crippen LogP contribution is -2.52. The van der Waals surface area contributed by atoms with Crippen molar-refractivity contribution in [1.82, 2.24) is 0 Å². The third kappa shape index (κ3) is 6.82. The summed E-state index contributed by atoms with van der Waals surface area (Å²) in [6, 6.07) is 0.925. The molecule has 92 valence electrons. The Hall–Kier alpha value is 0.748. The molecule has 0 saturated carbocycles. The fourth-order valence-corrected chi connectivity index (χ4v) is 14.2. The highest BCUT2D eigenvalue weighted by Crippen LogP contribution is 2.19. The van der Waals surface area contributed by atoms with Gasteiger partial charge in [0.1, 0.15) is 0 Å².